The van der Waals surface area contributed by atoms with Gasteiger partial charge < -0.3 is 8.79 Å². The average molecular weight is 512 g/mol. The first-order valence-corrected chi connectivity index (χ1v) is 14.5. The van der Waals surface area contributed by atoms with Gasteiger partial charge in [-0.3, -0.25) is 0 Å². The maximum absolute atomic E-state index is 2.51. The number of fused-ring (bicyclic) bond motifs is 1. The van der Waals surface area contributed by atoms with Crippen molar-refractivity contribution in [2.75, 3.05) is 30.5 Å². The molecule has 0 aliphatic rings. The summed E-state index contributed by atoms with van der Waals surface area (Å²) in [6, 6.07) is 29.4. The number of hydrogen-bond acceptors (Lipinski definition) is 2. The van der Waals surface area contributed by atoms with Crippen molar-refractivity contribution in [1.82, 2.24) is 0 Å². The quantitative estimate of drug-likeness (QED) is 0.146. The molecule has 0 spiro atoms. The van der Waals surface area contributed by atoms with E-state index in [4.69, 9.17) is 0 Å². The van der Waals surface area contributed by atoms with E-state index in [1.165, 1.54) is 55.7 Å². The third-order valence-corrected chi connectivity index (χ3v) is 8.93. The molecule has 0 saturated heterocycles. The third-order valence-electron chi connectivity index (χ3n) is 7.85. The molecule has 37 heavy (non-hydrogen) atoms. The van der Waals surface area contributed by atoms with Gasteiger partial charge in [0.15, 0.2) is 0 Å². The van der Waals surface area contributed by atoms with Crippen LogP contribution in [0.3, 0.4) is 0 Å². The van der Waals surface area contributed by atoms with Crippen molar-refractivity contribution < 1.29 is 4.48 Å². The maximum Gasteiger partial charge on any atom is 0.104 e. The van der Waals surface area contributed by atoms with Gasteiger partial charge in [0.05, 0.1) is 19.6 Å². The van der Waals surface area contributed by atoms with Gasteiger partial charge in [-0.1, -0.05) is 65.7 Å². The minimum Gasteiger partial charge on any atom is -0.320 e. The zero-order valence-electron chi connectivity index (χ0n) is 23.6. The number of rotatable bonds is 11. The van der Waals surface area contributed by atoms with Gasteiger partial charge in [-0.25, -0.2) is 0 Å². The first-order chi connectivity index (χ1) is 17.8. The highest BCUT2D eigenvalue weighted by molar-refractivity contribution is 8.00. The van der Waals surface area contributed by atoms with E-state index in [-0.39, 0.29) is 0 Å². The zero-order valence-corrected chi connectivity index (χ0v) is 24.4. The molecule has 0 aliphatic carbocycles. The molecule has 4 aromatic rings. The SMILES string of the molecule is CC[N+](CC)(CCCN(Sc1ccc2ccccc2c1)c1ccc(C)c(C)c1)Cc1cc(C)cc(C)c1. The van der Waals surface area contributed by atoms with Gasteiger partial charge in [0, 0.05) is 29.1 Å². The van der Waals surface area contributed by atoms with Gasteiger partial charge in [-0.05, 0) is 99.7 Å². The van der Waals surface area contributed by atoms with E-state index in [2.05, 4.69) is 125 Å². The second-order valence-corrected chi connectivity index (χ2v) is 11.8. The van der Waals surface area contributed by atoms with E-state index in [9.17, 15) is 0 Å². The summed E-state index contributed by atoms with van der Waals surface area (Å²) in [7, 11) is 0. The maximum atomic E-state index is 2.51. The van der Waals surface area contributed by atoms with Crippen molar-refractivity contribution in [3.63, 3.8) is 0 Å². The van der Waals surface area contributed by atoms with E-state index in [1.807, 2.05) is 11.9 Å². The first kappa shape index (κ1) is 27.3. The molecule has 0 amide bonds. The Morgan fingerprint density at radius 1 is 0.703 bits per heavy atom. The number of anilines is 1. The molecule has 4 rings (SSSR count). The lowest BCUT2D eigenvalue weighted by Crippen LogP contribution is -2.48. The number of quaternary nitrogens is 1. The minimum absolute atomic E-state index is 1.02. The molecule has 0 atom stereocenters. The lowest BCUT2D eigenvalue weighted by atomic mass is 10.1. The molecule has 3 heteroatoms. The monoisotopic (exact) mass is 511 g/mol. The Hall–Kier alpha value is -2.75. The summed E-state index contributed by atoms with van der Waals surface area (Å²) < 4.78 is 3.64. The van der Waals surface area contributed by atoms with Crippen molar-refractivity contribution >= 4 is 28.4 Å². The Balaban J connectivity index is 1.53. The van der Waals surface area contributed by atoms with Crippen LogP contribution in [-0.4, -0.2) is 30.7 Å². The summed E-state index contributed by atoms with van der Waals surface area (Å²) in [6.07, 6.45) is 1.15. The Kier molecular flexibility index (Phi) is 9.00. The van der Waals surface area contributed by atoms with Crippen LogP contribution in [0.25, 0.3) is 10.8 Å². The summed E-state index contributed by atoms with van der Waals surface area (Å²) in [5, 5.41) is 2.59. The molecule has 0 aromatic heterocycles. The van der Waals surface area contributed by atoms with Gasteiger partial charge in [0.1, 0.15) is 6.54 Å². The molecule has 0 fully saturated rings. The Morgan fingerprint density at radius 3 is 2.08 bits per heavy atom. The van der Waals surface area contributed by atoms with Crippen LogP contribution in [0.4, 0.5) is 5.69 Å². The summed E-state index contributed by atoms with van der Waals surface area (Å²) in [6.45, 7) is 19.2. The lowest BCUT2D eigenvalue weighted by Gasteiger charge is -2.38. The molecular weight excluding hydrogens is 468 g/mol. The van der Waals surface area contributed by atoms with Gasteiger partial charge in [-0.2, -0.15) is 0 Å². The molecular formula is C34H43N2S+. The van der Waals surface area contributed by atoms with E-state index in [0.717, 1.165) is 37.1 Å². The topological polar surface area (TPSA) is 3.24 Å². The smallest absolute Gasteiger partial charge is 0.104 e. The van der Waals surface area contributed by atoms with Crippen LogP contribution in [0.1, 0.15) is 48.1 Å². The van der Waals surface area contributed by atoms with Crippen molar-refractivity contribution in [1.29, 1.82) is 0 Å². The molecule has 0 heterocycles. The highest BCUT2D eigenvalue weighted by Crippen LogP contribution is 2.32. The minimum atomic E-state index is 1.02. The highest BCUT2D eigenvalue weighted by atomic mass is 32.2. The first-order valence-electron chi connectivity index (χ1n) is 13.7. The van der Waals surface area contributed by atoms with Gasteiger partial charge in [0.2, 0.25) is 0 Å². The van der Waals surface area contributed by atoms with Gasteiger partial charge >= 0.3 is 0 Å². The van der Waals surface area contributed by atoms with Gasteiger partial charge in [0.25, 0.3) is 0 Å². The van der Waals surface area contributed by atoms with Crippen molar-refractivity contribution in [2.24, 2.45) is 0 Å². The van der Waals surface area contributed by atoms with Crippen LogP contribution in [0.5, 0.6) is 0 Å². The van der Waals surface area contributed by atoms with Crippen molar-refractivity contribution in [3.05, 3.63) is 107 Å². The molecule has 194 valence electrons. The number of aryl methyl sites for hydroxylation is 4. The fraction of sp³-hybridized carbons (Fsp3) is 0.353. The number of nitrogens with zero attached hydrogens (tertiary/aromatic N) is 2. The predicted molar refractivity (Wildman–Crippen MR) is 164 cm³/mol. The van der Waals surface area contributed by atoms with E-state index in [1.54, 1.807) is 0 Å². The summed E-state index contributed by atoms with van der Waals surface area (Å²) in [5.74, 6) is 0. The number of benzene rings is 4. The summed E-state index contributed by atoms with van der Waals surface area (Å²) in [4.78, 5) is 1.29. The Bertz CT molecular complexity index is 1320. The summed E-state index contributed by atoms with van der Waals surface area (Å²) >= 11 is 1.87. The second-order valence-electron chi connectivity index (χ2n) is 10.7. The van der Waals surface area contributed by atoms with E-state index < -0.39 is 0 Å². The normalized spacial score (nSPS) is 11.7. The van der Waals surface area contributed by atoms with Crippen molar-refractivity contribution in [3.8, 4) is 0 Å². The highest BCUT2D eigenvalue weighted by Gasteiger charge is 2.24. The molecule has 0 radical (unpaired) electrons. The van der Waals surface area contributed by atoms with Crippen LogP contribution >= 0.6 is 11.9 Å². The Labute approximate surface area is 229 Å². The zero-order chi connectivity index (χ0) is 26.4. The standard InChI is InChI=1S/C34H43N2S/c1-7-36(8-2,25-30-21-26(3)20-27(4)22-30)19-11-18-35(33-16-14-28(5)29(6)23-33)37-34-17-15-31-12-9-10-13-32(31)24-34/h9-10,12-17,20-24H,7-8,11,18-19,25H2,1-6H3/q+1. The molecule has 2 nitrogen and oxygen atoms in total. The molecule has 0 saturated carbocycles. The van der Waals surface area contributed by atoms with E-state index in [0.29, 0.717) is 0 Å². The Morgan fingerprint density at radius 2 is 1.41 bits per heavy atom. The molecule has 0 N–H and O–H groups in total. The molecule has 0 bridgehead atoms. The van der Waals surface area contributed by atoms with Crippen LogP contribution < -0.4 is 4.31 Å². The fourth-order valence-corrected chi connectivity index (χ4v) is 6.40. The van der Waals surface area contributed by atoms with Crippen LogP contribution in [0.15, 0.2) is 83.8 Å². The van der Waals surface area contributed by atoms with Gasteiger partial charge in [-0.15, -0.1) is 0 Å². The third kappa shape index (κ3) is 6.97. The largest absolute Gasteiger partial charge is 0.320 e. The van der Waals surface area contributed by atoms with E-state index >= 15 is 0 Å². The summed E-state index contributed by atoms with van der Waals surface area (Å²) in [5.41, 5.74) is 8.20. The molecule has 0 unspecified atom stereocenters. The van der Waals surface area contributed by atoms with Crippen LogP contribution in [0, 0.1) is 27.7 Å². The van der Waals surface area contributed by atoms with Crippen molar-refractivity contribution in [2.45, 2.75) is 59.4 Å². The fourth-order valence-electron chi connectivity index (χ4n) is 5.40. The predicted octanol–water partition coefficient (Wildman–Crippen LogP) is 9.03. The molecule has 4 aromatic carbocycles. The lowest BCUT2D eigenvalue weighted by molar-refractivity contribution is -0.937. The van der Waals surface area contributed by atoms with Crippen LogP contribution in [-0.2, 0) is 6.54 Å². The molecule has 0 aliphatic heterocycles. The number of hydrogen-bond donors (Lipinski definition) is 0. The van der Waals surface area contributed by atoms with Crippen LogP contribution in [0.2, 0.25) is 0 Å². The average Bonchev–Trinajstić information content (AvgIpc) is 2.88. The second kappa shape index (κ2) is 12.2.